The molecule has 0 saturated carbocycles. The van der Waals surface area contributed by atoms with Crippen molar-refractivity contribution in [2.75, 3.05) is 18.8 Å². The van der Waals surface area contributed by atoms with E-state index in [1.54, 1.807) is 0 Å². The molecule has 0 saturated heterocycles. The summed E-state index contributed by atoms with van der Waals surface area (Å²) in [4.78, 5) is 0. The molecule has 5 nitrogen and oxygen atoms in total. The third-order valence-electron chi connectivity index (χ3n) is 2.73. The molecule has 20 heavy (non-hydrogen) atoms. The first-order valence-electron chi connectivity index (χ1n) is 6.47. The van der Waals surface area contributed by atoms with Gasteiger partial charge in [0.1, 0.15) is 11.9 Å². The van der Waals surface area contributed by atoms with Gasteiger partial charge in [-0.25, -0.2) is 0 Å². The molecule has 0 radical (unpaired) electrons. The number of nitrogens with one attached hydrogen (secondary N) is 1. The molecule has 1 aromatic rings. The fourth-order valence-electron chi connectivity index (χ4n) is 1.62. The summed E-state index contributed by atoms with van der Waals surface area (Å²) in [5.74, 6) is 1.17. The normalized spacial score (nSPS) is 13.2. The van der Waals surface area contributed by atoms with E-state index in [0.717, 1.165) is 17.7 Å². The van der Waals surface area contributed by atoms with Gasteiger partial charge in [0.15, 0.2) is 0 Å². The Balaban J connectivity index is 2.32. The fraction of sp³-hybridized carbons (Fsp3) is 0.538. The average Bonchev–Trinajstić information content (AvgIpc) is 2.38. The number of para-hydroxylation sites is 1. The molecule has 0 spiro atoms. The van der Waals surface area contributed by atoms with Gasteiger partial charge in [-0.15, -0.1) is 0 Å². The quantitative estimate of drug-likeness (QED) is 0.413. The lowest BCUT2D eigenvalue weighted by molar-refractivity contribution is 0.193. The highest BCUT2D eigenvalue weighted by Gasteiger charge is 2.10. The lowest BCUT2D eigenvalue weighted by Crippen LogP contribution is -2.32. The molecule has 0 aliphatic rings. The van der Waals surface area contributed by atoms with E-state index in [4.69, 9.17) is 9.29 Å². The fourth-order valence-corrected chi connectivity index (χ4v) is 2.94. The van der Waals surface area contributed by atoms with Crippen LogP contribution < -0.4 is 10.1 Å². The molecule has 0 aliphatic heterocycles. The summed E-state index contributed by atoms with van der Waals surface area (Å²) >= 11 is 0. The van der Waals surface area contributed by atoms with Crippen LogP contribution in [0.5, 0.6) is 5.75 Å². The van der Waals surface area contributed by atoms with E-state index in [0.29, 0.717) is 29.6 Å². The lowest BCUT2D eigenvalue weighted by atomic mass is 10.2. The molecule has 0 amide bonds. The van der Waals surface area contributed by atoms with Crippen molar-refractivity contribution in [3.8, 4) is 5.75 Å². The van der Waals surface area contributed by atoms with Gasteiger partial charge in [-0.05, 0) is 35.8 Å². The van der Waals surface area contributed by atoms with Gasteiger partial charge in [-0.1, -0.05) is 25.1 Å². The average molecular weight is 319 g/mol. The topological polar surface area (TPSA) is 75.6 Å². The van der Waals surface area contributed by atoms with Crippen LogP contribution in [-0.2, 0) is 9.15 Å². The smallest absolute Gasteiger partial charge is 0.319 e. The van der Waals surface area contributed by atoms with Crippen molar-refractivity contribution in [1.29, 1.82) is 0 Å². The van der Waals surface area contributed by atoms with Gasteiger partial charge in [0.2, 0.25) is 0 Å². The molecular weight excluding hydrogens is 298 g/mol. The number of hydrogen-bond donors (Lipinski definition) is 2. The Morgan fingerprint density at radius 1 is 1.40 bits per heavy atom. The molecule has 0 aliphatic carbocycles. The summed E-state index contributed by atoms with van der Waals surface area (Å²) in [6, 6.07) is 7.84. The van der Waals surface area contributed by atoms with Crippen molar-refractivity contribution < 1.29 is 17.7 Å². The highest BCUT2D eigenvalue weighted by Crippen LogP contribution is 2.18. The summed E-state index contributed by atoms with van der Waals surface area (Å²) < 4.78 is 35.5. The van der Waals surface area contributed by atoms with Gasteiger partial charge in [-0.3, -0.25) is 4.55 Å². The first-order chi connectivity index (χ1) is 9.42. The number of aryl methyl sites for hydroxylation is 1. The van der Waals surface area contributed by atoms with Crippen LogP contribution in [0.25, 0.3) is 0 Å². The maximum atomic E-state index is 10.5. The second kappa shape index (κ2) is 8.51. The highest BCUT2D eigenvalue weighted by atomic mass is 33.1. The SMILES string of the molecule is CCC(CNCCSS(=O)(=O)O)Oc1ccccc1C. The van der Waals surface area contributed by atoms with E-state index < -0.39 is 9.15 Å². The molecule has 1 atom stereocenters. The molecule has 1 rings (SSSR count). The maximum Gasteiger partial charge on any atom is 0.319 e. The molecule has 114 valence electrons. The maximum absolute atomic E-state index is 10.5. The molecule has 7 heteroatoms. The Kier molecular flexibility index (Phi) is 7.36. The second-order valence-electron chi connectivity index (χ2n) is 4.37. The third kappa shape index (κ3) is 7.14. The first kappa shape index (κ1) is 17.3. The molecule has 0 fully saturated rings. The molecule has 0 heterocycles. The summed E-state index contributed by atoms with van der Waals surface area (Å²) in [7, 11) is -3.42. The van der Waals surface area contributed by atoms with Crippen LogP contribution in [0.1, 0.15) is 18.9 Å². The summed E-state index contributed by atoms with van der Waals surface area (Å²) in [5.41, 5.74) is 1.09. The highest BCUT2D eigenvalue weighted by molar-refractivity contribution is 8.69. The van der Waals surface area contributed by atoms with Crippen LogP contribution in [0.2, 0.25) is 0 Å². The zero-order chi connectivity index (χ0) is 15.0. The largest absolute Gasteiger partial charge is 0.489 e. The minimum atomic E-state index is -3.94. The van der Waals surface area contributed by atoms with E-state index in [1.165, 1.54) is 0 Å². The van der Waals surface area contributed by atoms with Crippen molar-refractivity contribution in [3.05, 3.63) is 29.8 Å². The van der Waals surface area contributed by atoms with Crippen LogP contribution in [0.4, 0.5) is 0 Å². The summed E-state index contributed by atoms with van der Waals surface area (Å²) in [6.07, 6.45) is 0.888. The Bertz CT molecular complexity index is 505. The molecule has 0 bridgehead atoms. The van der Waals surface area contributed by atoms with Crippen molar-refractivity contribution in [1.82, 2.24) is 5.32 Å². The Morgan fingerprint density at radius 2 is 2.10 bits per heavy atom. The van der Waals surface area contributed by atoms with E-state index in [2.05, 4.69) is 5.32 Å². The Morgan fingerprint density at radius 3 is 2.70 bits per heavy atom. The third-order valence-corrected chi connectivity index (χ3v) is 4.79. The van der Waals surface area contributed by atoms with Gasteiger partial charge < -0.3 is 10.1 Å². The van der Waals surface area contributed by atoms with Crippen molar-refractivity contribution >= 4 is 19.9 Å². The van der Waals surface area contributed by atoms with Crippen molar-refractivity contribution in [3.63, 3.8) is 0 Å². The molecule has 0 aromatic heterocycles. The summed E-state index contributed by atoms with van der Waals surface area (Å²) in [6.45, 7) is 5.17. The van der Waals surface area contributed by atoms with E-state index in [9.17, 15) is 8.42 Å². The number of hydrogen-bond acceptors (Lipinski definition) is 5. The van der Waals surface area contributed by atoms with Crippen molar-refractivity contribution in [2.24, 2.45) is 0 Å². The second-order valence-corrected chi connectivity index (χ2v) is 7.84. The standard InChI is InChI=1S/C13H21NO4S2/c1-3-12(10-14-8-9-19-20(15,16)17)18-13-7-5-4-6-11(13)2/h4-7,12,14H,3,8-10H2,1-2H3,(H,15,16,17). The van der Waals surface area contributed by atoms with Crippen LogP contribution >= 0.6 is 10.8 Å². The van der Waals surface area contributed by atoms with Gasteiger partial charge in [0.25, 0.3) is 0 Å². The van der Waals surface area contributed by atoms with Gasteiger partial charge in [0.05, 0.1) is 0 Å². The predicted octanol–water partition coefficient (Wildman–Crippen LogP) is 2.28. The van der Waals surface area contributed by atoms with Crippen LogP contribution in [-0.4, -0.2) is 37.9 Å². The van der Waals surface area contributed by atoms with Crippen molar-refractivity contribution in [2.45, 2.75) is 26.4 Å². The molecule has 1 aromatic carbocycles. The number of rotatable bonds is 9. The van der Waals surface area contributed by atoms with Crippen LogP contribution in [0.15, 0.2) is 24.3 Å². The molecule has 2 N–H and O–H groups in total. The van der Waals surface area contributed by atoms with E-state index >= 15 is 0 Å². The first-order valence-corrected chi connectivity index (χ1v) is 9.41. The predicted molar refractivity (Wildman–Crippen MR) is 82.8 cm³/mol. The van der Waals surface area contributed by atoms with Gasteiger partial charge in [0, 0.05) is 18.8 Å². The Labute approximate surface area is 124 Å². The minimum Gasteiger partial charge on any atom is -0.489 e. The Hall–Kier alpha value is -0.760. The lowest BCUT2D eigenvalue weighted by Gasteiger charge is -2.19. The number of benzene rings is 1. The van der Waals surface area contributed by atoms with Crippen LogP contribution in [0.3, 0.4) is 0 Å². The van der Waals surface area contributed by atoms with E-state index in [-0.39, 0.29) is 6.10 Å². The van der Waals surface area contributed by atoms with Gasteiger partial charge >= 0.3 is 9.15 Å². The molecule has 1 unspecified atom stereocenters. The zero-order valence-electron chi connectivity index (χ0n) is 11.7. The van der Waals surface area contributed by atoms with E-state index in [1.807, 2.05) is 38.1 Å². The summed E-state index contributed by atoms with van der Waals surface area (Å²) in [5, 5.41) is 3.13. The molecular formula is C13H21NO4S2. The van der Waals surface area contributed by atoms with Crippen LogP contribution in [0, 0.1) is 6.92 Å². The van der Waals surface area contributed by atoms with Gasteiger partial charge in [-0.2, -0.15) is 8.42 Å². The minimum absolute atomic E-state index is 0.0341. The monoisotopic (exact) mass is 319 g/mol. The number of ether oxygens (including phenoxy) is 1. The zero-order valence-corrected chi connectivity index (χ0v) is 13.3.